The van der Waals surface area contributed by atoms with Crippen molar-refractivity contribution in [2.45, 2.75) is 17.2 Å². The van der Waals surface area contributed by atoms with Gasteiger partial charge in [0.05, 0.1) is 0 Å². The van der Waals surface area contributed by atoms with Gasteiger partial charge in [-0.2, -0.15) is 0 Å². The lowest BCUT2D eigenvalue weighted by Gasteiger charge is -1.99. The molecule has 0 spiro atoms. The zero-order valence-electron chi connectivity index (χ0n) is 8.80. The number of rotatable bonds is 5. The van der Waals surface area contributed by atoms with E-state index < -0.39 is 0 Å². The molecule has 0 fully saturated rings. The lowest BCUT2D eigenvalue weighted by Crippen LogP contribution is -1.87. The highest BCUT2D eigenvalue weighted by atomic mass is 32.2. The molecular weight excluding hydrogens is 238 g/mol. The molecule has 84 valence electrons. The van der Waals surface area contributed by atoms with Gasteiger partial charge in [0.25, 0.3) is 0 Å². The molecule has 5 heteroatoms. The third kappa shape index (κ3) is 3.50. The van der Waals surface area contributed by atoms with Crippen LogP contribution in [0.1, 0.15) is 12.0 Å². The van der Waals surface area contributed by atoms with Gasteiger partial charge in [-0.3, -0.25) is 0 Å². The standard InChI is InChI=1S/C11H13N3S2/c12-10-13-14-11(16-10)15-8-4-7-9-5-2-1-3-6-9/h1-3,5-6H,4,7-8H2,(H2,12,13). The summed E-state index contributed by atoms with van der Waals surface area (Å²) in [6.07, 6.45) is 2.26. The number of hydrogen-bond donors (Lipinski definition) is 1. The first kappa shape index (κ1) is 11.4. The van der Waals surface area contributed by atoms with E-state index >= 15 is 0 Å². The molecule has 3 nitrogen and oxygen atoms in total. The maximum Gasteiger partial charge on any atom is 0.203 e. The van der Waals surface area contributed by atoms with Crippen molar-refractivity contribution < 1.29 is 0 Å². The molecule has 0 saturated heterocycles. The number of nitrogens with two attached hydrogens (primary N) is 1. The van der Waals surface area contributed by atoms with E-state index in [4.69, 9.17) is 5.73 Å². The Morgan fingerprint density at radius 2 is 2.00 bits per heavy atom. The summed E-state index contributed by atoms with van der Waals surface area (Å²) in [7, 11) is 0. The Labute approximate surface area is 103 Å². The average molecular weight is 251 g/mol. The summed E-state index contributed by atoms with van der Waals surface area (Å²) in [6.45, 7) is 0. The molecule has 0 aliphatic rings. The Bertz CT molecular complexity index is 428. The first-order chi connectivity index (χ1) is 7.84. The van der Waals surface area contributed by atoms with Crippen LogP contribution >= 0.6 is 23.1 Å². The van der Waals surface area contributed by atoms with Crippen LogP contribution in [-0.4, -0.2) is 16.0 Å². The summed E-state index contributed by atoms with van der Waals surface area (Å²) < 4.78 is 0.963. The number of aromatic nitrogens is 2. The Morgan fingerprint density at radius 3 is 2.69 bits per heavy atom. The van der Waals surface area contributed by atoms with Crippen molar-refractivity contribution in [1.82, 2.24) is 10.2 Å². The van der Waals surface area contributed by atoms with Crippen molar-refractivity contribution in [2.75, 3.05) is 11.5 Å². The zero-order chi connectivity index (χ0) is 11.2. The van der Waals surface area contributed by atoms with Crippen LogP contribution in [0.15, 0.2) is 34.7 Å². The molecule has 0 amide bonds. The number of nitrogen functional groups attached to an aromatic ring is 1. The summed E-state index contributed by atoms with van der Waals surface area (Å²) >= 11 is 3.18. The number of aryl methyl sites for hydroxylation is 1. The van der Waals surface area contributed by atoms with Crippen LogP contribution in [0.5, 0.6) is 0 Å². The van der Waals surface area contributed by atoms with Crippen LogP contribution in [0.3, 0.4) is 0 Å². The predicted octanol–water partition coefficient (Wildman–Crippen LogP) is 2.85. The van der Waals surface area contributed by atoms with Gasteiger partial charge in [0.15, 0.2) is 4.34 Å². The van der Waals surface area contributed by atoms with Gasteiger partial charge in [0.2, 0.25) is 5.13 Å². The minimum atomic E-state index is 0.547. The first-order valence-corrected chi connectivity index (χ1v) is 6.90. The monoisotopic (exact) mass is 251 g/mol. The Hall–Kier alpha value is -1.07. The van der Waals surface area contributed by atoms with E-state index in [0.717, 1.165) is 22.9 Å². The molecular formula is C11H13N3S2. The largest absolute Gasteiger partial charge is 0.374 e. The molecule has 0 unspecified atom stereocenters. The molecule has 16 heavy (non-hydrogen) atoms. The third-order valence-electron chi connectivity index (χ3n) is 2.10. The van der Waals surface area contributed by atoms with Gasteiger partial charge in [-0.05, 0) is 18.4 Å². The molecule has 2 aromatic rings. The van der Waals surface area contributed by atoms with Gasteiger partial charge >= 0.3 is 0 Å². The van der Waals surface area contributed by atoms with E-state index in [1.165, 1.54) is 16.9 Å². The lowest BCUT2D eigenvalue weighted by molar-refractivity contribution is 0.929. The van der Waals surface area contributed by atoms with Crippen LogP contribution in [0.4, 0.5) is 5.13 Å². The maximum absolute atomic E-state index is 5.51. The number of thioether (sulfide) groups is 1. The molecule has 1 heterocycles. The second-order valence-electron chi connectivity index (χ2n) is 3.34. The van der Waals surface area contributed by atoms with Crippen molar-refractivity contribution >= 4 is 28.2 Å². The number of nitrogens with zero attached hydrogens (tertiary/aromatic N) is 2. The quantitative estimate of drug-likeness (QED) is 0.656. The second-order valence-corrected chi connectivity index (χ2v) is 5.69. The highest BCUT2D eigenvalue weighted by Crippen LogP contribution is 2.24. The van der Waals surface area contributed by atoms with Crippen LogP contribution in [0, 0.1) is 0 Å². The van der Waals surface area contributed by atoms with Crippen molar-refractivity contribution in [3.05, 3.63) is 35.9 Å². The molecule has 2 N–H and O–H groups in total. The topological polar surface area (TPSA) is 51.8 Å². The molecule has 0 atom stereocenters. The van der Waals surface area contributed by atoms with Crippen molar-refractivity contribution in [2.24, 2.45) is 0 Å². The normalized spacial score (nSPS) is 10.5. The van der Waals surface area contributed by atoms with E-state index in [9.17, 15) is 0 Å². The second kappa shape index (κ2) is 5.86. The predicted molar refractivity (Wildman–Crippen MR) is 69.8 cm³/mol. The van der Waals surface area contributed by atoms with Crippen molar-refractivity contribution in [3.8, 4) is 0 Å². The van der Waals surface area contributed by atoms with Gasteiger partial charge in [-0.15, -0.1) is 10.2 Å². The molecule has 1 aromatic heterocycles. The third-order valence-corrected chi connectivity index (χ3v) is 4.07. The van der Waals surface area contributed by atoms with Crippen LogP contribution < -0.4 is 5.73 Å². The van der Waals surface area contributed by atoms with E-state index in [0.29, 0.717) is 5.13 Å². The summed E-state index contributed by atoms with van der Waals surface area (Å²) in [5.41, 5.74) is 6.89. The van der Waals surface area contributed by atoms with Gasteiger partial charge < -0.3 is 5.73 Å². The Morgan fingerprint density at radius 1 is 1.19 bits per heavy atom. The van der Waals surface area contributed by atoms with E-state index in [2.05, 4.69) is 34.5 Å². The van der Waals surface area contributed by atoms with Gasteiger partial charge in [0, 0.05) is 5.75 Å². The number of benzene rings is 1. The SMILES string of the molecule is Nc1nnc(SCCCc2ccccc2)s1. The van der Waals surface area contributed by atoms with Crippen molar-refractivity contribution in [3.63, 3.8) is 0 Å². The average Bonchev–Trinajstić information content (AvgIpc) is 2.72. The molecule has 0 aliphatic heterocycles. The van der Waals surface area contributed by atoms with Crippen LogP contribution in [0.2, 0.25) is 0 Å². The summed E-state index contributed by atoms with van der Waals surface area (Å²) in [5.74, 6) is 1.06. The smallest absolute Gasteiger partial charge is 0.203 e. The summed E-state index contributed by atoms with van der Waals surface area (Å²) in [6, 6.07) is 10.5. The highest BCUT2D eigenvalue weighted by Gasteiger charge is 2.01. The number of anilines is 1. The van der Waals surface area contributed by atoms with Gasteiger partial charge in [-0.1, -0.05) is 53.4 Å². The molecule has 0 aliphatic carbocycles. The van der Waals surface area contributed by atoms with E-state index in [1.807, 2.05) is 6.07 Å². The minimum Gasteiger partial charge on any atom is -0.374 e. The van der Waals surface area contributed by atoms with Gasteiger partial charge in [0.1, 0.15) is 0 Å². The molecule has 2 rings (SSSR count). The zero-order valence-corrected chi connectivity index (χ0v) is 10.4. The molecule has 0 saturated carbocycles. The molecule has 0 bridgehead atoms. The minimum absolute atomic E-state index is 0.547. The fraction of sp³-hybridized carbons (Fsp3) is 0.273. The van der Waals surface area contributed by atoms with Crippen molar-refractivity contribution in [1.29, 1.82) is 0 Å². The van der Waals surface area contributed by atoms with Crippen LogP contribution in [-0.2, 0) is 6.42 Å². The molecule has 0 radical (unpaired) electrons. The molecule has 1 aromatic carbocycles. The van der Waals surface area contributed by atoms with Crippen LogP contribution in [0.25, 0.3) is 0 Å². The Balaban J connectivity index is 1.69. The first-order valence-electron chi connectivity index (χ1n) is 5.10. The van der Waals surface area contributed by atoms with E-state index in [-0.39, 0.29) is 0 Å². The lowest BCUT2D eigenvalue weighted by atomic mass is 10.1. The summed E-state index contributed by atoms with van der Waals surface area (Å²) in [4.78, 5) is 0. The fourth-order valence-corrected chi connectivity index (χ4v) is 3.01. The highest BCUT2D eigenvalue weighted by molar-refractivity contribution is 8.01. The van der Waals surface area contributed by atoms with Gasteiger partial charge in [-0.25, -0.2) is 0 Å². The maximum atomic E-state index is 5.51. The summed E-state index contributed by atoms with van der Waals surface area (Å²) in [5, 5.41) is 8.29. The van der Waals surface area contributed by atoms with E-state index in [1.54, 1.807) is 11.8 Å². The fourth-order valence-electron chi connectivity index (χ4n) is 1.36. The Kier molecular flexibility index (Phi) is 4.18. The number of hydrogen-bond acceptors (Lipinski definition) is 5.